The van der Waals surface area contributed by atoms with Gasteiger partial charge >= 0.3 is 0 Å². The number of nitrogens with one attached hydrogen (secondary N) is 1. The smallest absolute Gasteiger partial charge is 0.280 e. The molecule has 1 aromatic carbocycles. The zero-order valence-electron chi connectivity index (χ0n) is 13.5. The largest absolute Gasteiger partial charge is 0.382 e. The summed E-state index contributed by atoms with van der Waals surface area (Å²) in [6.45, 7) is 1.85. The molecule has 0 radical (unpaired) electrons. The van der Waals surface area contributed by atoms with Crippen molar-refractivity contribution in [1.82, 2.24) is 4.98 Å². The van der Waals surface area contributed by atoms with Gasteiger partial charge in [0.05, 0.1) is 0 Å². The molecule has 1 aliphatic heterocycles. The molecule has 0 amide bonds. The van der Waals surface area contributed by atoms with Gasteiger partial charge in [-0.05, 0) is 31.0 Å². The molecular weight excluding hydrogens is 310 g/mol. The fraction of sp³-hybridized carbons (Fsp3) is 0.389. The van der Waals surface area contributed by atoms with Gasteiger partial charge in [-0.25, -0.2) is 13.8 Å². The van der Waals surface area contributed by atoms with Crippen molar-refractivity contribution < 1.29 is 8.78 Å². The molecule has 1 saturated heterocycles. The van der Waals surface area contributed by atoms with Gasteiger partial charge in [0.2, 0.25) is 0 Å². The molecule has 128 valence electrons. The summed E-state index contributed by atoms with van der Waals surface area (Å²) in [5.41, 5.74) is 7.48. The maximum atomic E-state index is 12.9. The van der Waals surface area contributed by atoms with Crippen LogP contribution in [0, 0.1) is 0 Å². The number of hydrogen-bond acceptors (Lipinski definition) is 4. The number of anilines is 2. The van der Waals surface area contributed by atoms with Crippen LogP contribution < -0.4 is 16.0 Å². The van der Waals surface area contributed by atoms with E-state index in [4.69, 9.17) is 5.73 Å². The first-order valence-corrected chi connectivity index (χ1v) is 8.22. The SMILES string of the molecule is NCc1ccc(C(F)F)nc1N1CCC(Nc2ccccc2)CC1. The number of nitrogens with two attached hydrogens (primary N) is 1. The Hall–Kier alpha value is -2.21. The lowest BCUT2D eigenvalue weighted by molar-refractivity contribution is 0.146. The summed E-state index contributed by atoms with van der Waals surface area (Å²) in [5, 5.41) is 3.52. The Labute approximate surface area is 140 Å². The number of aromatic nitrogens is 1. The number of benzene rings is 1. The molecule has 6 heteroatoms. The first-order valence-electron chi connectivity index (χ1n) is 8.22. The Morgan fingerprint density at radius 2 is 1.83 bits per heavy atom. The van der Waals surface area contributed by atoms with Crippen LogP contribution in [0.2, 0.25) is 0 Å². The lowest BCUT2D eigenvalue weighted by atomic mass is 10.0. The number of alkyl halides is 2. The fourth-order valence-electron chi connectivity index (χ4n) is 3.05. The molecular formula is C18H22F2N4. The van der Waals surface area contributed by atoms with E-state index in [0.29, 0.717) is 18.4 Å². The first-order chi connectivity index (χ1) is 11.7. The zero-order valence-corrected chi connectivity index (χ0v) is 13.5. The van der Waals surface area contributed by atoms with Gasteiger partial charge in [0.15, 0.2) is 0 Å². The summed E-state index contributed by atoms with van der Waals surface area (Å²) in [5.74, 6) is 0.605. The highest BCUT2D eigenvalue weighted by molar-refractivity contribution is 5.49. The van der Waals surface area contributed by atoms with Gasteiger partial charge in [0.1, 0.15) is 11.5 Å². The van der Waals surface area contributed by atoms with Gasteiger partial charge in [-0.2, -0.15) is 0 Å². The number of nitrogens with zero attached hydrogens (tertiary/aromatic N) is 2. The third kappa shape index (κ3) is 3.82. The monoisotopic (exact) mass is 332 g/mol. The molecule has 1 fully saturated rings. The lowest BCUT2D eigenvalue weighted by Crippen LogP contribution is -2.40. The van der Waals surface area contributed by atoms with Crippen LogP contribution in [-0.2, 0) is 6.54 Å². The number of halogens is 2. The van der Waals surface area contributed by atoms with Crippen LogP contribution in [0.4, 0.5) is 20.3 Å². The highest BCUT2D eigenvalue weighted by Crippen LogP contribution is 2.27. The van der Waals surface area contributed by atoms with Crippen molar-refractivity contribution in [3.8, 4) is 0 Å². The van der Waals surface area contributed by atoms with Gasteiger partial charge in [0, 0.05) is 36.9 Å². The molecule has 0 saturated carbocycles. The molecule has 2 aromatic rings. The van der Waals surface area contributed by atoms with Crippen LogP contribution in [0.1, 0.15) is 30.5 Å². The molecule has 3 N–H and O–H groups in total. The summed E-state index contributed by atoms with van der Waals surface area (Å²) in [6, 6.07) is 13.5. The van der Waals surface area contributed by atoms with Crippen LogP contribution in [0.3, 0.4) is 0 Å². The van der Waals surface area contributed by atoms with Gasteiger partial charge in [-0.1, -0.05) is 24.3 Å². The van der Waals surface area contributed by atoms with E-state index in [-0.39, 0.29) is 5.69 Å². The summed E-state index contributed by atoms with van der Waals surface area (Å²) in [4.78, 5) is 6.22. The van der Waals surface area contributed by atoms with E-state index in [9.17, 15) is 8.78 Å². The van der Waals surface area contributed by atoms with Gasteiger partial charge in [-0.3, -0.25) is 0 Å². The molecule has 4 nitrogen and oxygen atoms in total. The van der Waals surface area contributed by atoms with Crippen LogP contribution in [0.25, 0.3) is 0 Å². The minimum absolute atomic E-state index is 0.188. The molecule has 1 aliphatic rings. The summed E-state index contributed by atoms with van der Waals surface area (Å²) in [6.07, 6.45) is -0.702. The molecule has 0 aliphatic carbocycles. The molecule has 1 aromatic heterocycles. The molecule has 0 atom stereocenters. The molecule has 0 spiro atoms. The van der Waals surface area contributed by atoms with E-state index in [0.717, 1.165) is 37.2 Å². The molecule has 24 heavy (non-hydrogen) atoms. The third-order valence-corrected chi connectivity index (χ3v) is 4.36. The van der Waals surface area contributed by atoms with Crippen LogP contribution in [-0.4, -0.2) is 24.1 Å². The minimum Gasteiger partial charge on any atom is -0.382 e. The predicted octanol–water partition coefficient (Wildman–Crippen LogP) is 3.56. The van der Waals surface area contributed by atoms with Crippen molar-refractivity contribution >= 4 is 11.5 Å². The van der Waals surface area contributed by atoms with Crippen LogP contribution in [0.15, 0.2) is 42.5 Å². The summed E-state index contributed by atoms with van der Waals surface area (Å²) < 4.78 is 25.9. The van der Waals surface area contributed by atoms with E-state index in [2.05, 4.69) is 15.2 Å². The second-order valence-corrected chi connectivity index (χ2v) is 6.00. The number of hydrogen-bond donors (Lipinski definition) is 2. The normalized spacial score (nSPS) is 15.8. The van der Waals surface area contributed by atoms with Gasteiger partial charge < -0.3 is 16.0 Å². The third-order valence-electron chi connectivity index (χ3n) is 4.36. The molecule has 3 rings (SSSR count). The van der Waals surface area contributed by atoms with E-state index in [1.165, 1.54) is 6.07 Å². The Kier molecular flexibility index (Phi) is 5.25. The van der Waals surface area contributed by atoms with Gasteiger partial charge in [-0.15, -0.1) is 0 Å². The van der Waals surface area contributed by atoms with Crippen molar-refractivity contribution in [3.63, 3.8) is 0 Å². The number of pyridine rings is 1. The maximum absolute atomic E-state index is 12.9. The van der Waals surface area contributed by atoms with Crippen molar-refractivity contribution in [3.05, 3.63) is 53.7 Å². The molecule has 2 heterocycles. The van der Waals surface area contributed by atoms with E-state index in [1.807, 2.05) is 30.3 Å². The highest BCUT2D eigenvalue weighted by atomic mass is 19.3. The second-order valence-electron chi connectivity index (χ2n) is 6.00. The van der Waals surface area contributed by atoms with Crippen LogP contribution >= 0.6 is 0 Å². The maximum Gasteiger partial charge on any atom is 0.280 e. The average Bonchev–Trinajstić information content (AvgIpc) is 2.62. The minimum atomic E-state index is -2.56. The highest BCUT2D eigenvalue weighted by Gasteiger charge is 2.23. The van der Waals surface area contributed by atoms with Crippen molar-refractivity contribution in [1.29, 1.82) is 0 Å². The molecule has 0 bridgehead atoms. The standard InChI is InChI=1S/C18H22F2N4/c19-17(20)16-7-6-13(12-21)18(23-16)24-10-8-15(9-11-24)22-14-4-2-1-3-5-14/h1-7,15,17,22H,8-12,21H2. The number of rotatable bonds is 5. The lowest BCUT2D eigenvalue weighted by Gasteiger charge is -2.34. The van der Waals surface area contributed by atoms with E-state index in [1.54, 1.807) is 6.07 Å². The van der Waals surface area contributed by atoms with Gasteiger partial charge in [0.25, 0.3) is 6.43 Å². The summed E-state index contributed by atoms with van der Waals surface area (Å²) in [7, 11) is 0. The van der Waals surface area contributed by atoms with E-state index >= 15 is 0 Å². The second kappa shape index (κ2) is 7.57. The van der Waals surface area contributed by atoms with E-state index < -0.39 is 6.43 Å². The summed E-state index contributed by atoms with van der Waals surface area (Å²) >= 11 is 0. The van der Waals surface area contributed by atoms with Crippen molar-refractivity contribution in [2.75, 3.05) is 23.3 Å². The van der Waals surface area contributed by atoms with Crippen molar-refractivity contribution in [2.24, 2.45) is 5.73 Å². The average molecular weight is 332 g/mol. The predicted molar refractivity (Wildman–Crippen MR) is 92.4 cm³/mol. The quantitative estimate of drug-likeness (QED) is 0.879. The Morgan fingerprint density at radius 3 is 2.46 bits per heavy atom. The van der Waals surface area contributed by atoms with Crippen molar-refractivity contribution in [2.45, 2.75) is 31.9 Å². The number of piperidine rings is 1. The Bertz CT molecular complexity index is 655. The zero-order chi connectivity index (χ0) is 16.9. The van der Waals surface area contributed by atoms with Crippen LogP contribution in [0.5, 0.6) is 0 Å². The topological polar surface area (TPSA) is 54.2 Å². The molecule has 0 unspecified atom stereocenters. The fourth-order valence-corrected chi connectivity index (χ4v) is 3.05. The number of para-hydroxylation sites is 1. The first kappa shape index (κ1) is 16.6. The Balaban J connectivity index is 1.67. The Morgan fingerprint density at radius 1 is 1.12 bits per heavy atom.